The summed E-state index contributed by atoms with van der Waals surface area (Å²) in [6.07, 6.45) is -4.69. The van der Waals surface area contributed by atoms with Gasteiger partial charge in [0.15, 0.2) is 0 Å². The summed E-state index contributed by atoms with van der Waals surface area (Å²) >= 11 is 7.27. The van der Waals surface area contributed by atoms with Gasteiger partial charge < -0.3 is 10.1 Å². The van der Waals surface area contributed by atoms with E-state index in [1.807, 2.05) is 13.0 Å². The molecule has 0 spiro atoms. The molecule has 20 heavy (non-hydrogen) atoms. The summed E-state index contributed by atoms with van der Waals surface area (Å²) in [5, 5.41) is 3.10. The molecule has 1 aromatic heterocycles. The number of benzene rings is 1. The zero-order valence-corrected chi connectivity index (χ0v) is 11.9. The van der Waals surface area contributed by atoms with Crippen molar-refractivity contribution in [1.29, 1.82) is 0 Å². The number of ether oxygens (including phenoxy) is 1. The van der Waals surface area contributed by atoms with Crippen LogP contribution in [-0.4, -0.2) is 6.36 Å². The lowest BCUT2D eigenvalue weighted by Gasteiger charge is -2.15. The molecular weight excluding hydrogens is 311 g/mol. The second-order valence-corrected chi connectivity index (χ2v) is 5.83. The number of alkyl halides is 3. The van der Waals surface area contributed by atoms with Crippen LogP contribution in [0.2, 0.25) is 4.34 Å². The van der Waals surface area contributed by atoms with Crippen LogP contribution in [0.3, 0.4) is 0 Å². The molecule has 1 unspecified atom stereocenters. The highest BCUT2D eigenvalue weighted by Gasteiger charge is 2.31. The molecule has 1 aromatic carbocycles. The number of thiophene rings is 1. The molecule has 2 nitrogen and oxygen atoms in total. The Labute approximate surface area is 123 Å². The summed E-state index contributed by atoms with van der Waals surface area (Å²) in [6, 6.07) is 9.33. The molecule has 0 saturated carbocycles. The van der Waals surface area contributed by atoms with Crippen LogP contribution in [0.5, 0.6) is 5.75 Å². The van der Waals surface area contributed by atoms with Gasteiger partial charge in [0, 0.05) is 16.6 Å². The molecule has 0 fully saturated rings. The second-order valence-electron chi connectivity index (χ2n) is 4.08. The fourth-order valence-corrected chi connectivity index (χ4v) is 2.73. The van der Waals surface area contributed by atoms with Crippen molar-refractivity contribution in [2.45, 2.75) is 19.3 Å². The van der Waals surface area contributed by atoms with Crippen LogP contribution in [0, 0.1) is 0 Å². The third-order valence-corrected chi connectivity index (χ3v) is 3.89. The molecule has 108 valence electrons. The number of hydrogen-bond donors (Lipinski definition) is 1. The van der Waals surface area contributed by atoms with E-state index in [1.54, 1.807) is 12.1 Å². The van der Waals surface area contributed by atoms with Gasteiger partial charge in [0.25, 0.3) is 0 Å². The molecule has 0 aliphatic carbocycles. The minimum Gasteiger partial charge on any atom is -0.406 e. The largest absolute Gasteiger partial charge is 0.573 e. The van der Waals surface area contributed by atoms with Gasteiger partial charge in [0.05, 0.1) is 10.4 Å². The molecule has 0 amide bonds. The van der Waals surface area contributed by atoms with Gasteiger partial charge in [-0.05, 0) is 31.2 Å². The Balaban J connectivity index is 2.08. The summed E-state index contributed by atoms with van der Waals surface area (Å²) in [4.78, 5) is 0.997. The first-order chi connectivity index (χ1) is 9.33. The lowest BCUT2D eigenvalue weighted by molar-refractivity contribution is -0.274. The van der Waals surface area contributed by atoms with Crippen molar-refractivity contribution < 1.29 is 17.9 Å². The molecule has 2 rings (SSSR count). The quantitative estimate of drug-likeness (QED) is 0.805. The molecule has 2 aromatic rings. The summed E-state index contributed by atoms with van der Waals surface area (Å²) in [5.41, 5.74) is 0.545. The van der Waals surface area contributed by atoms with E-state index in [9.17, 15) is 13.2 Å². The molecule has 7 heteroatoms. The Morgan fingerprint density at radius 2 is 2.00 bits per heavy atom. The van der Waals surface area contributed by atoms with E-state index in [0.717, 1.165) is 4.88 Å². The van der Waals surface area contributed by atoms with E-state index >= 15 is 0 Å². The third kappa shape index (κ3) is 4.31. The fourth-order valence-electron chi connectivity index (χ4n) is 1.67. The van der Waals surface area contributed by atoms with Crippen LogP contribution in [0.1, 0.15) is 17.8 Å². The maximum atomic E-state index is 12.1. The van der Waals surface area contributed by atoms with E-state index in [2.05, 4.69) is 10.1 Å². The van der Waals surface area contributed by atoms with Gasteiger partial charge in [0.2, 0.25) is 0 Å². The van der Waals surface area contributed by atoms with E-state index in [-0.39, 0.29) is 11.8 Å². The van der Waals surface area contributed by atoms with Gasteiger partial charge in [-0.25, -0.2) is 0 Å². The minimum atomic E-state index is -4.69. The average Bonchev–Trinajstić information content (AvgIpc) is 2.74. The van der Waals surface area contributed by atoms with E-state index < -0.39 is 6.36 Å². The molecule has 1 N–H and O–H groups in total. The SMILES string of the molecule is CC(Nc1cccc(OC(F)(F)F)c1)c1ccc(Cl)s1. The van der Waals surface area contributed by atoms with Crippen molar-refractivity contribution in [3.8, 4) is 5.75 Å². The zero-order valence-electron chi connectivity index (χ0n) is 10.4. The van der Waals surface area contributed by atoms with E-state index in [4.69, 9.17) is 11.6 Å². The molecule has 0 bridgehead atoms. The van der Waals surface area contributed by atoms with Crippen molar-refractivity contribution >= 4 is 28.6 Å². The number of halogens is 4. The Morgan fingerprint density at radius 1 is 1.25 bits per heavy atom. The fraction of sp³-hybridized carbons (Fsp3) is 0.231. The highest BCUT2D eigenvalue weighted by molar-refractivity contribution is 7.16. The maximum Gasteiger partial charge on any atom is 0.573 e. The number of anilines is 1. The molecule has 1 atom stereocenters. The summed E-state index contributed by atoms with van der Waals surface area (Å²) in [7, 11) is 0. The smallest absolute Gasteiger partial charge is 0.406 e. The predicted octanol–water partition coefficient (Wildman–Crippen LogP) is 5.47. The van der Waals surface area contributed by atoms with Crippen molar-refractivity contribution in [1.82, 2.24) is 0 Å². The topological polar surface area (TPSA) is 21.3 Å². The molecule has 0 radical (unpaired) electrons. The third-order valence-electron chi connectivity index (χ3n) is 2.47. The lowest BCUT2D eigenvalue weighted by Crippen LogP contribution is -2.17. The van der Waals surface area contributed by atoms with Gasteiger partial charge in [-0.3, -0.25) is 0 Å². The predicted molar refractivity (Wildman–Crippen MR) is 74.5 cm³/mol. The average molecular weight is 322 g/mol. The van der Waals surface area contributed by atoms with Crippen molar-refractivity contribution in [2.75, 3.05) is 5.32 Å². The van der Waals surface area contributed by atoms with Gasteiger partial charge in [-0.1, -0.05) is 17.7 Å². The number of rotatable bonds is 4. The maximum absolute atomic E-state index is 12.1. The molecule has 0 aliphatic heterocycles. The first kappa shape index (κ1) is 15.0. The van der Waals surface area contributed by atoms with Crippen LogP contribution in [0.15, 0.2) is 36.4 Å². The first-order valence-corrected chi connectivity index (χ1v) is 6.90. The van der Waals surface area contributed by atoms with E-state index in [1.165, 1.54) is 29.5 Å². The van der Waals surface area contributed by atoms with Crippen molar-refractivity contribution in [3.63, 3.8) is 0 Å². The normalized spacial score (nSPS) is 13.1. The molecular formula is C13H11ClF3NOS. The Morgan fingerprint density at radius 3 is 2.60 bits per heavy atom. The highest BCUT2D eigenvalue weighted by atomic mass is 35.5. The molecule has 0 saturated heterocycles. The Kier molecular flexibility index (Phi) is 4.45. The minimum absolute atomic E-state index is 0.0614. The molecule has 1 heterocycles. The van der Waals surface area contributed by atoms with Crippen molar-refractivity contribution in [2.24, 2.45) is 0 Å². The van der Waals surface area contributed by atoms with Gasteiger partial charge in [0.1, 0.15) is 5.75 Å². The van der Waals surface area contributed by atoms with Crippen LogP contribution in [0.4, 0.5) is 18.9 Å². The van der Waals surface area contributed by atoms with Crippen LogP contribution in [0.25, 0.3) is 0 Å². The summed E-state index contributed by atoms with van der Waals surface area (Å²) in [6.45, 7) is 1.90. The Bertz CT molecular complexity index is 585. The Hall–Kier alpha value is -1.40. The van der Waals surface area contributed by atoms with Gasteiger partial charge in [-0.2, -0.15) is 0 Å². The second kappa shape index (κ2) is 5.93. The van der Waals surface area contributed by atoms with Gasteiger partial charge >= 0.3 is 6.36 Å². The van der Waals surface area contributed by atoms with Crippen LogP contribution >= 0.6 is 22.9 Å². The summed E-state index contributed by atoms with van der Waals surface area (Å²) < 4.78 is 41.0. The highest BCUT2D eigenvalue weighted by Crippen LogP contribution is 2.30. The number of hydrogen-bond acceptors (Lipinski definition) is 3. The zero-order chi connectivity index (χ0) is 14.8. The lowest BCUT2D eigenvalue weighted by atomic mass is 10.2. The van der Waals surface area contributed by atoms with Crippen molar-refractivity contribution in [3.05, 3.63) is 45.6 Å². The monoisotopic (exact) mass is 321 g/mol. The van der Waals surface area contributed by atoms with Crippen LogP contribution < -0.4 is 10.1 Å². The first-order valence-electron chi connectivity index (χ1n) is 5.71. The van der Waals surface area contributed by atoms with E-state index in [0.29, 0.717) is 10.0 Å². The van der Waals surface area contributed by atoms with Gasteiger partial charge in [-0.15, -0.1) is 24.5 Å². The number of nitrogens with one attached hydrogen (secondary N) is 1. The molecule has 0 aliphatic rings. The van der Waals surface area contributed by atoms with Crippen LogP contribution in [-0.2, 0) is 0 Å². The summed E-state index contributed by atoms with van der Waals surface area (Å²) in [5.74, 6) is -0.251. The standard InChI is InChI=1S/C13H11ClF3NOS/c1-8(11-5-6-12(14)20-11)18-9-3-2-4-10(7-9)19-13(15,16)17/h2-8,18H,1H3.